The highest BCUT2D eigenvalue weighted by atomic mass is 35.5. The van der Waals surface area contributed by atoms with Crippen molar-refractivity contribution in [2.45, 2.75) is 37.5 Å². The Morgan fingerprint density at radius 1 is 1.19 bits per heavy atom. The number of anilines is 1. The molecule has 32 heavy (non-hydrogen) atoms. The molecule has 0 saturated heterocycles. The summed E-state index contributed by atoms with van der Waals surface area (Å²) in [6.07, 6.45) is 4.53. The van der Waals surface area contributed by atoms with Crippen molar-refractivity contribution in [3.05, 3.63) is 82.9 Å². The summed E-state index contributed by atoms with van der Waals surface area (Å²) in [7, 11) is -3.13. The predicted octanol–water partition coefficient (Wildman–Crippen LogP) is 5.07. The van der Waals surface area contributed by atoms with E-state index >= 15 is 0 Å². The second kappa shape index (κ2) is 9.64. The molecule has 2 atom stereocenters. The molecule has 0 aliphatic carbocycles. The molecule has 0 saturated carbocycles. The van der Waals surface area contributed by atoms with Crippen molar-refractivity contribution in [1.29, 1.82) is 0 Å². The van der Waals surface area contributed by atoms with Crippen molar-refractivity contribution < 1.29 is 17.4 Å². The maximum atomic E-state index is 13.4. The highest BCUT2D eigenvalue weighted by Crippen LogP contribution is 2.35. The number of fused-ring (bicyclic) bond motifs is 1. The Labute approximate surface area is 191 Å². The molecule has 3 aromatic rings. The van der Waals surface area contributed by atoms with Gasteiger partial charge in [-0.15, -0.1) is 0 Å². The van der Waals surface area contributed by atoms with E-state index in [-0.39, 0.29) is 19.1 Å². The molecule has 0 radical (unpaired) electrons. The molecule has 1 aliphatic heterocycles. The first-order valence-electron chi connectivity index (χ1n) is 10.1. The molecule has 1 aromatic heterocycles. The zero-order chi connectivity index (χ0) is 22.7. The van der Waals surface area contributed by atoms with Gasteiger partial charge in [-0.05, 0) is 42.2 Å². The van der Waals surface area contributed by atoms with Gasteiger partial charge in [0.1, 0.15) is 0 Å². The number of aromatic amines is 1. The molecule has 1 aliphatic rings. The summed E-state index contributed by atoms with van der Waals surface area (Å²) in [5.74, 6) is 0. The number of nitrogens with one attached hydrogen (secondary N) is 1. The lowest BCUT2D eigenvalue weighted by molar-refractivity contribution is -0.0431. The van der Waals surface area contributed by atoms with E-state index in [0.29, 0.717) is 30.0 Å². The molecular formula is C22H22ClF3N4OS. The van der Waals surface area contributed by atoms with E-state index in [0.717, 1.165) is 21.2 Å². The molecule has 5 nitrogen and oxygen atoms in total. The largest absolute Gasteiger partial charge is 0.485 e. The quantitative estimate of drug-likeness (QED) is 0.533. The van der Waals surface area contributed by atoms with Crippen LogP contribution in [0.2, 0.25) is 5.02 Å². The van der Waals surface area contributed by atoms with Crippen molar-refractivity contribution in [3.63, 3.8) is 0 Å². The highest BCUT2D eigenvalue weighted by Gasteiger charge is 2.43. The minimum atomic E-state index is -4.83. The monoisotopic (exact) mass is 482 g/mol. The van der Waals surface area contributed by atoms with Crippen LogP contribution in [0.5, 0.6) is 0 Å². The minimum Gasteiger partial charge on any atom is -0.361 e. The lowest BCUT2D eigenvalue weighted by Gasteiger charge is -2.34. The van der Waals surface area contributed by atoms with Crippen molar-refractivity contribution >= 4 is 28.3 Å². The number of imidazole rings is 1. The molecule has 2 aromatic carbocycles. The van der Waals surface area contributed by atoms with Gasteiger partial charge in [-0.2, -0.15) is 13.2 Å². The first-order chi connectivity index (χ1) is 15.3. The molecule has 1 N–H and O–H groups in total. The predicted molar refractivity (Wildman–Crippen MR) is 119 cm³/mol. The van der Waals surface area contributed by atoms with Gasteiger partial charge in [-0.3, -0.25) is 0 Å². The molecule has 0 amide bonds. The second-order valence-corrected chi connectivity index (χ2v) is 9.59. The number of H-pyrrole nitrogens is 1. The van der Waals surface area contributed by atoms with Crippen LogP contribution in [0.3, 0.4) is 0 Å². The molecule has 0 fully saturated rings. The zero-order valence-corrected chi connectivity index (χ0v) is 18.6. The first-order valence-corrected chi connectivity index (χ1v) is 11.6. The summed E-state index contributed by atoms with van der Waals surface area (Å²) >= 11 is 6.16. The number of halogens is 4. The fourth-order valence-corrected chi connectivity index (χ4v) is 5.06. The van der Waals surface area contributed by atoms with Gasteiger partial charge >= 0.3 is 5.51 Å². The van der Waals surface area contributed by atoms with Crippen molar-refractivity contribution in [1.82, 2.24) is 14.3 Å². The van der Waals surface area contributed by atoms with Crippen LogP contribution in [0.4, 0.5) is 18.9 Å². The van der Waals surface area contributed by atoms with Crippen LogP contribution < -0.4 is 4.90 Å². The number of nitrogens with zero attached hydrogens (tertiary/aromatic N) is 3. The van der Waals surface area contributed by atoms with Crippen LogP contribution in [-0.4, -0.2) is 36.6 Å². The Morgan fingerprint density at radius 2 is 1.97 bits per heavy atom. The molecule has 2 unspecified atom stereocenters. The van der Waals surface area contributed by atoms with E-state index in [9.17, 15) is 17.4 Å². The van der Waals surface area contributed by atoms with Crippen LogP contribution in [0.25, 0.3) is 0 Å². The van der Waals surface area contributed by atoms with E-state index < -0.39 is 16.5 Å². The van der Waals surface area contributed by atoms with Gasteiger partial charge in [-0.1, -0.05) is 41.9 Å². The third kappa shape index (κ3) is 5.33. The van der Waals surface area contributed by atoms with E-state index in [1.807, 2.05) is 36.4 Å². The van der Waals surface area contributed by atoms with Crippen molar-refractivity contribution in [3.8, 4) is 0 Å². The summed E-state index contributed by atoms with van der Waals surface area (Å²) in [6, 6.07) is 14.7. The first kappa shape index (κ1) is 22.8. The molecule has 4 rings (SSSR count). The van der Waals surface area contributed by atoms with Crippen molar-refractivity contribution in [2.75, 3.05) is 11.4 Å². The Bertz CT molecular complexity index is 1060. The smallest absolute Gasteiger partial charge is 0.361 e. The van der Waals surface area contributed by atoms with Gasteiger partial charge in [0.15, 0.2) is 0 Å². The maximum absolute atomic E-state index is 13.4. The van der Waals surface area contributed by atoms with Gasteiger partial charge in [0, 0.05) is 36.0 Å². The van der Waals surface area contributed by atoms with Gasteiger partial charge in [-0.25, -0.2) is 13.5 Å². The van der Waals surface area contributed by atoms with Gasteiger partial charge in [0.05, 0.1) is 18.6 Å². The fraction of sp³-hybridized carbons (Fsp3) is 0.318. The number of benzene rings is 2. The molecule has 2 heterocycles. The summed E-state index contributed by atoms with van der Waals surface area (Å²) < 4.78 is 53.6. The van der Waals surface area contributed by atoms with Gasteiger partial charge < -0.3 is 9.88 Å². The Hall–Kier alpha value is -2.36. The van der Waals surface area contributed by atoms with E-state index in [1.165, 1.54) is 0 Å². The molecule has 170 valence electrons. The maximum Gasteiger partial charge on any atom is 0.485 e. The van der Waals surface area contributed by atoms with E-state index in [1.54, 1.807) is 24.7 Å². The SMILES string of the molecule is O=S(N1Cc2cc(Cl)ccc2N(Cc2cnc[nH]2)C(CCc2ccccc2)C1)C(F)(F)F. The third-order valence-corrected chi connectivity index (χ3v) is 6.87. The summed E-state index contributed by atoms with van der Waals surface area (Å²) in [5, 5.41) is 0.422. The van der Waals surface area contributed by atoms with Crippen LogP contribution in [-0.2, 0) is 30.5 Å². The van der Waals surface area contributed by atoms with Crippen LogP contribution in [0.15, 0.2) is 61.1 Å². The number of hydrogen-bond donors (Lipinski definition) is 1. The van der Waals surface area contributed by atoms with Gasteiger partial charge in [0.25, 0.3) is 0 Å². The number of rotatable bonds is 6. The summed E-state index contributed by atoms with van der Waals surface area (Å²) in [5.41, 5.74) is -1.51. The Balaban J connectivity index is 1.72. The second-order valence-electron chi connectivity index (χ2n) is 7.67. The normalized spacial score (nSPS) is 18.2. The fourth-order valence-electron chi connectivity index (χ4n) is 4.01. The molecule has 10 heteroatoms. The Kier molecular flexibility index (Phi) is 6.88. The topological polar surface area (TPSA) is 52.2 Å². The van der Waals surface area contributed by atoms with Crippen molar-refractivity contribution in [2.24, 2.45) is 0 Å². The lowest BCUT2D eigenvalue weighted by Crippen LogP contribution is -2.44. The number of hydrogen-bond acceptors (Lipinski definition) is 3. The molecule has 0 bridgehead atoms. The van der Waals surface area contributed by atoms with E-state index in [4.69, 9.17) is 11.6 Å². The van der Waals surface area contributed by atoms with E-state index in [2.05, 4.69) is 14.9 Å². The average Bonchev–Trinajstić information content (AvgIpc) is 3.22. The zero-order valence-electron chi connectivity index (χ0n) is 17.1. The summed E-state index contributed by atoms with van der Waals surface area (Å²) in [6.45, 7) is 0.323. The molecule has 0 spiro atoms. The van der Waals surface area contributed by atoms with Crippen LogP contribution >= 0.6 is 11.6 Å². The number of aryl methyl sites for hydroxylation is 1. The minimum absolute atomic E-state index is 0.000604. The number of alkyl halides is 3. The molecular weight excluding hydrogens is 461 g/mol. The highest BCUT2D eigenvalue weighted by molar-refractivity contribution is 7.83. The lowest BCUT2D eigenvalue weighted by atomic mass is 10.0. The van der Waals surface area contributed by atoms with Crippen LogP contribution in [0, 0.1) is 0 Å². The summed E-state index contributed by atoms with van der Waals surface area (Å²) in [4.78, 5) is 9.20. The number of aromatic nitrogens is 2. The van der Waals surface area contributed by atoms with Crippen LogP contribution in [0.1, 0.15) is 23.2 Å². The average molecular weight is 483 g/mol. The standard InChI is InChI=1S/C22H22ClF3N4OS/c23-18-7-9-21-17(10-18)12-29(32(31)22(24,25)26)14-20(8-6-16-4-2-1-3-5-16)30(21)13-19-11-27-15-28-19/h1-5,7,9-11,15,20H,6,8,12-14H2,(H,27,28). The van der Waals surface area contributed by atoms with Gasteiger partial charge in [0.2, 0.25) is 11.0 Å². The Morgan fingerprint density at radius 3 is 2.66 bits per heavy atom. The third-order valence-electron chi connectivity index (χ3n) is 5.49.